The third-order valence-electron chi connectivity index (χ3n) is 4.08. The van der Waals surface area contributed by atoms with Gasteiger partial charge in [0.05, 0.1) is 12.6 Å². The van der Waals surface area contributed by atoms with Crippen LogP contribution in [0.25, 0.3) is 0 Å². The number of rotatable bonds is 8. The molecule has 1 saturated heterocycles. The topological polar surface area (TPSA) is 75.2 Å². The lowest BCUT2D eigenvalue weighted by Gasteiger charge is -2.16. The SMILES string of the molecule is Cc1ccc(OCCNC(=NCC(=O)N(C)C)NCC2CCCO2)cc1. The van der Waals surface area contributed by atoms with Crippen LogP contribution in [0.5, 0.6) is 5.75 Å². The van der Waals surface area contributed by atoms with Crippen LogP contribution in [-0.2, 0) is 9.53 Å². The van der Waals surface area contributed by atoms with E-state index in [2.05, 4.69) is 15.6 Å². The van der Waals surface area contributed by atoms with Crippen molar-refractivity contribution in [2.75, 3.05) is 46.9 Å². The number of guanidine groups is 1. The standard InChI is InChI=1S/C19H30N4O3/c1-15-6-8-16(9-7-15)26-12-10-20-19(22-14-18(24)23(2)3)21-13-17-5-4-11-25-17/h6-9,17H,4-5,10-14H2,1-3H3,(H2,20,21,22). The average Bonchev–Trinajstić information content (AvgIpc) is 3.15. The zero-order chi connectivity index (χ0) is 18.8. The van der Waals surface area contributed by atoms with Crippen LogP contribution in [0, 0.1) is 6.92 Å². The van der Waals surface area contributed by atoms with E-state index in [1.165, 1.54) is 10.5 Å². The largest absolute Gasteiger partial charge is 0.492 e. The Bertz CT molecular complexity index is 581. The number of ether oxygens (including phenoxy) is 2. The molecule has 1 atom stereocenters. The first kappa shape index (κ1) is 20.0. The van der Waals surface area contributed by atoms with E-state index in [4.69, 9.17) is 9.47 Å². The summed E-state index contributed by atoms with van der Waals surface area (Å²) in [4.78, 5) is 17.6. The van der Waals surface area contributed by atoms with E-state index in [1.54, 1.807) is 14.1 Å². The second-order valence-corrected chi connectivity index (χ2v) is 6.56. The zero-order valence-corrected chi connectivity index (χ0v) is 16.0. The summed E-state index contributed by atoms with van der Waals surface area (Å²) < 4.78 is 11.3. The number of hydrogen-bond donors (Lipinski definition) is 2. The van der Waals surface area contributed by atoms with Crippen LogP contribution in [0.2, 0.25) is 0 Å². The predicted octanol–water partition coefficient (Wildman–Crippen LogP) is 1.18. The molecule has 1 amide bonds. The first-order chi connectivity index (χ1) is 12.5. The summed E-state index contributed by atoms with van der Waals surface area (Å²) in [6.07, 6.45) is 2.35. The fourth-order valence-corrected chi connectivity index (χ4v) is 2.45. The second-order valence-electron chi connectivity index (χ2n) is 6.56. The molecule has 0 bridgehead atoms. The Morgan fingerprint density at radius 3 is 2.73 bits per heavy atom. The predicted molar refractivity (Wildman–Crippen MR) is 103 cm³/mol. The van der Waals surface area contributed by atoms with E-state index in [0.717, 1.165) is 25.2 Å². The highest BCUT2D eigenvalue weighted by Gasteiger charge is 2.15. The summed E-state index contributed by atoms with van der Waals surface area (Å²) in [7, 11) is 3.44. The molecule has 1 aromatic rings. The van der Waals surface area contributed by atoms with Gasteiger partial charge in [-0.15, -0.1) is 0 Å². The van der Waals surface area contributed by atoms with Crippen LogP contribution in [0.4, 0.5) is 0 Å². The number of likely N-dealkylation sites (N-methyl/N-ethyl adjacent to an activating group) is 1. The fraction of sp³-hybridized carbons (Fsp3) is 0.579. The van der Waals surface area contributed by atoms with E-state index >= 15 is 0 Å². The molecule has 144 valence electrons. The van der Waals surface area contributed by atoms with Gasteiger partial charge in [0.2, 0.25) is 5.91 Å². The molecule has 1 aromatic carbocycles. The molecule has 1 aliphatic heterocycles. The Balaban J connectivity index is 1.78. The van der Waals surface area contributed by atoms with Crippen molar-refractivity contribution >= 4 is 11.9 Å². The molecule has 0 aromatic heterocycles. The van der Waals surface area contributed by atoms with Crippen molar-refractivity contribution in [2.24, 2.45) is 4.99 Å². The van der Waals surface area contributed by atoms with Gasteiger partial charge in [-0.25, -0.2) is 4.99 Å². The normalized spacial score (nSPS) is 17.0. The van der Waals surface area contributed by atoms with Crippen molar-refractivity contribution < 1.29 is 14.3 Å². The number of amides is 1. The average molecular weight is 362 g/mol. The van der Waals surface area contributed by atoms with Gasteiger partial charge in [-0.2, -0.15) is 0 Å². The highest BCUT2D eigenvalue weighted by molar-refractivity contribution is 5.84. The third-order valence-corrected chi connectivity index (χ3v) is 4.08. The molecule has 1 aliphatic rings. The van der Waals surface area contributed by atoms with Gasteiger partial charge in [-0.1, -0.05) is 17.7 Å². The number of nitrogens with zero attached hydrogens (tertiary/aromatic N) is 2. The van der Waals surface area contributed by atoms with E-state index in [9.17, 15) is 4.79 Å². The summed E-state index contributed by atoms with van der Waals surface area (Å²) in [5, 5.41) is 6.46. The summed E-state index contributed by atoms with van der Waals surface area (Å²) >= 11 is 0. The molecule has 26 heavy (non-hydrogen) atoms. The van der Waals surface area contributed by atoms with Gasteiger partial charge < -0.3 is 25.0 Å². The van der Waals surface area contributed by atoms with Crippen LogP contribution in [0.15, 0.2) is 29.3 Å². The lowest BCUT2D eigenvalue weighted by molar-refractivity contribution is -0.127. The van der Waals surface area contributed by atoms with Gasteiger partial charge in [0.15, 0.2) is 5.96 Å². The number of aliphatic imine (C=N–C) groups is 1. The van der Waals surface area contributed by atoms with Crippen LogP contribution >= 0.6 is 0 Å². The molecule has 7 nitrogen and oxygen atoms in total. The summed E-state index contributed by atoms with van der Waals surface area (Å²) in [6, 6.07) is 7.95. The minimum absolute atomic E-state index is 0.0425. The van der Waals surface area contributed by atoms with Gasteiger partial charge in [0.25, 0.3) is 0 Å². The van der Waals surface area contributed by atoms with Gasteiger partial charge in [0, 0.05) is 27.2 Å². The number of carbonyl (C=O) groups excluding carboxylic acids is 1. The smallest absolute Gasteiger partial charge is 0.243 e. The Labute approximate surface area is 155 Å². The first-order valence-corrected chi connectivity index (χ1v) is 9.08. The van der Waals surface area contributed by atoms with Gasteiger partial charge in [-0.3, -0.25) is 4.79 Å². The molecule has 1 fully saturated rings. The first-order valence-electron chi connectivity index (χ1n) is 9.08. The maximum atomic E-state index is 11.8. The zero-order valence-electron chi connectivity index (χ0n) is 16.0. The molecule has 7 heteroatoms. The molecule has 0 spiro atoms. The van der Waals surface area contributed by atoms with Gasteiger partial charge in [0.1, 0.15) is 18.9 Å². The van der Waals surface area contributed by atoms with Crippen molar-refractivity contribution in [1.29, 1.82) is 0 Å². The Kier molecular flexibility index (Phi) is 8.21. The molecule has 2 rings (SSSR count). The number of benzene rings is 1. The minimum atomic E-state index is -0.0425. The molecule has 0 saturated carbocycles. The van der Waals surface area contributed by atoms with Gasteiger partial charge >= 0.3 is 0 Å². The van der Waals surface area contributed by atoms with E-state index in [1.807, 2.05) is 31.2 Å². The number of nitrogens with one attached hydrogen (secondary N) is 2. The van der Waals surface area contributed by atoms with Crippen molar-refractivity contribution in [3.63, 3.8) is 0 Å². The lowest BCUT2D eigenvalue weighted by atomic mass is 10.2. The number of aryl methyl sites for hydroxylation is 1. The van der Waals surface area contributed by atoms with Crippen LogP contribution in [-0.4, -0.2) is 69.8 Å². The highest BCUT2D eigenvalue weighted by atomic mass is 16.5. The second kappa shape index (κ2) is 10.7. The quantitative estimate of drug-likeness (QED) is 0.413. The van der Waals surface area contributed by atoms with Crippen molar-refractivity contribution in [3.8, 4) is 5.75 Å². The molecular formula is C19H30N4O3. The third kappa shape index (κ3) is 7.31. The highest BCUT2D eigenvalue weighted by Crippen LogP contribution is 2.11. The number of carbonyl (C=O) groups is 1. The molecule has 2 N–H and O–H groups in total. The maximum absolute atomic E-state index is 11.8. The summed E-state index contributed by atoms with van der Waals surface area (Å²) in [5.74, 6) is 1.40. The van der Waals surface area contributed by atoms with E-state index < -0.39 is 0 Å². The Morgan fingerprint density at radius 2 is 2.08 bits per heavy atom. The maximum Gasteiger partial charge on any atom is 0.243 e. The van der Waals surface area contributed by atoms with Crippen LogP contribution in [0.3, 0.4) is 0 Å². The fourth-order valence-electron chi connectivity index (χ4n) is 2.45. The minimum Gasteiger partial charge on any atom is -0.492 e. The molecule has 0 aliphatic carbocycles. The van der Waals surface area contributed by atoms with E-state index in [-0.39, 0.29) is 18.6 Å². The van der Waals surface area contributed by atoms with Gasteiger partial charge in [-0.05, 0) is 31.9 Å². The van der Waals surface area contributed by atoms with Crippen molar-refractivity contribution in [2.45, 2.75) is 25.9 Å². The lowest BCUT2D eigenvalue weighted by Crippen LogP contribution is -2.43. The molecule has 1 heterocycles. The Hall–Kier alpha value is -2.28. The number of hydrogen-bond acceptors (Lipinski definition) is 4. The van der Waals surface area contributed by atoms with Crippen LogP contribution < -0.4 is 15.4 Å². The summed E-state index contributed by atoms with van der Waals surface area (Å²) in [6.45, 7) is 4.73. The van der Waals surface area contributed by atoms with E-state index in [0.29, 0.717) is 25.7 Å². The monoisotopic (exact) mass is 362 g/mol. The summed E-state index contributed by atoms with van der Waals surface area (Å²) in [5.41, 5.74) is 1.20. The molecule has 1 unspecified atom stereocenters. The van der Waals surface area contributed by atoms with Crippen LogP contribution in [0.1, 0.15) is 18.4 Å². The van der Waals surface area contributed by atoms with Crippen molar-refractivity contribution in [1.82, 2.24) is 15.5 Å². The molecule has 0 radical (unpaired) electrons. The Morgan fingerprint density at radius 1 is 1.31 bits per heavy atom. The molecular weight excluding hydrogens is 332 g/mol. The van der Waals surface area contributed by atoms with Crippen molar-refractivity contribution in [3.05, 3.63) is 29.8 Å².